The lowest BCUT2D eigenvalue weighted by atomic mass is 10.1. The molecule has 1 fully saturated rings. The Kier molecular flexibility index (Phi) is 8.09. The fourth-order valence-electron chi connectivity index (χ4n) is 4.02. The van der Waals surface area contributed by atoms with Gasteiger partial charge in [0.15, 0.2) is 5.11 Å². The Morgan fingerprint density at radius 3 is 2.40 bits per heavy atom. The van der Waals surface area contributed by atoms with Gasteiger partial charge in [0.25, 0.3) is 10.0 Å². The highest BCUT2D eigenvalue weighted by atomic mass is 32.2. The molecule has 1 saturated heterocycles. The molecule has 0 unspecified atom stereocenters. The van der Waals surface area contributed by atoms with Crippen LogP contribution < -0.4 is 25.0 Å². The zero-order chi connectivity index (χ0) is 24.7. The van der Waals surface area contributed by atoms with Crippen molar-refractivity contribution in [3.05, 3.63) is 78.4 Å². The van der Waals surface area contributed by atoms with Crippen molar-refractivity contribution in [2.45, 2.75) is 24.2 Å². The summed E-state index contributed by atoms with van der Waals surface area (Å²) in [7, 11) is -2.23. The van der Waals surface area contributed by atoms with Crippen molar-refractivity contribution in [2.24, 2.45) is 0 Å². The van der Waals surface area contributed by atoms with E-state index in [1.165, 1.54) is 5.56 Å². The van der Waals surface area contributed by atoms with Crippen LogP contribution in [0.2, 0.25) is 0 Å². The van der Waals surface area contributed by atoms with Gasteiger partial charge in [-0.05, 0) is 79.5 Å². The fraction of sp³-hybridized carbons (Fsp3) is 0.269. The van der Waals surface area contributed by atoms with Crippen molar-refractivity contribution in [3.63, 3.8) is 0 Å². The molecule has 0 bridgehead atoms. The van der Waals surface area contributed by atoms with Crippen molar-refractivity contribution in [2.75, 3.05) is 41.7 Å². The van der Waals surface area contributed by atoms with Crippen molar-refractivity contribution < 1.29 is 13.2 Å². The summed E-state index contributed by atoms with van der Waals surface area (Å²) in [5.74, 6) is 0.655. The molecule has 1 aliphatic heterocycles. The summed E-state index contributed by atoms with van der Waals surface area (Å²) in [6, 6.07) is 22.1. The van der Waals surface area contributed by atoms with Crippen LogP contribution >= 0.6 is 12.2 Å². The number of sulfonamides is 1. The van der Waals surface area contributed by atoms with Gasteiger partial charge in [-0.2, -0.15) is 0 Å². The molecule has 0 aromatic heterocycles. The molecule has 3 aromatic rings. The molecule has 3 aromatic carbocycles. The Bertz CT molecular complexity index is 1240. The topological polar surface area (TPSA) is 82.7 Å². The van der Waals surface area contributed by atoms with E-state index in [1.54, 1.807) is 43.5 Å². The van der Waals surface area contributed by atoms with Crippen LogP contribution in [0.25, 0.3) is 0 Å². The number of thiocarbonyl (C=S) groups is 1. The zero-order valence-electron chi connectivity index (χ0n) is 19.7. The average Bonchev–Trinajstić information content (AvgIpc) is 3.40. The molecule has 0 saturated carbocycles. The van der Waals surface area contributed by atoms with Crippen LogP contribution in [0.3, 0.4) is 0 Å². The largest absolute Gasteiger partial charge is 0.497 e. The van der Waals surface area contributed by atoms with Gasteiger partial charge >= 0.3 is 0 Å². The molecule has 0 aliphatic carbocycles. The van der Waals surface area contributed by atoms with Crippen LogP contribution in [0, 0.1) is 0 Å². The molecular weight excluding hydrogens is 480 g/mol. The number of hydrogen-bond donors (Lipinski definition) is 3. The lowest BCUT2D eigenvalue weighted by molar-refractivity contribution is 0.415. The Labute approximate surface area is 212 Å². The Morgan fingerprint density at radius 1 is 1.00 bits per heavy atom. The van der Waals surface area contributed by atoms with E-state index in [0.717, 1.165) is 38.0 Å². The Morgan fingerprint density at radius 2 is 1.71 bits per heavy atom. The van der Waals surface area contributed by atoms with Crippen molar-refractivity contribution in [1.82, 2.24) is 5.32 Å². The molecule has 3 N–H and O–H groups in total. The third kappa shape index (κ3) is 6.64. The number of nitrogens with one attached hydrogen (secondary N) is 3. The van der Waals surface area contributed by atoms with E-state index in [2.05, 4.69) is 32.4 Å². The molecule has 1 aliphatic rings. The van der Waals surface area contributed by atoms with E-state index in [1.807, 2.05) is 24.3 Å². The van der Waals surface area contributed by atoms with Crippen LogP contribution in [0.4, 0.5) is 17.1 Å². The molecule has 0 amide bonds. The van der Waals surface area contributed by atoms with Crippen LogP contribution in [-0.2, 0) is 16.4 Å². The normalized spacial score (nSPS) is 13.3. The number of benzene rings is 3. The second kappa shape index (κ2) is 11.4. The lowest BCUT2D eigenvalue weighted by Crippen LogP contribution is -2.31. The van der Waals surface area contributed by atoms with E-state index in [0.29, 0.717) is 28.8 Å². The maximum Gasteiger partial charge on any atom is 0.261 e. The summed E-state index contributed by atoms with van der Waals surface area (Å²) in [5.41, 5.74) is 3.29. The Balaban J connectivity index is 1.50. The van der Waals surface area contributed by atoms with Crippen LogP contribution in [0.1, 0.15) is 18.4 Å². The van der Waals surface area contributed by atoms with Crippen molar-refractivity contribution in [1.29, 1.82) is 0 Å². The van der Waals surface area contributed by atoms with Crippen molar-refractivity contribution >= 4 is 44.4 Å². The van der Waals surface area contributed by atoms with Gasteiger partial charge in [-0.25, -0.2) is 8.42 Å². The van der Waals surface area contributed by atoms with Crippen LogP contribution in [-0.4, -0.2) is 40.3 Å². The molecule has 7 nitrogen and oxygen atoms in total. The summed E-state index contributed by atoms with van der Waals surface area (Å²) >= 11 is 5.53. The standard InChI is InChI=1S/C26H30N4O3S2/c1-33-22-11-9-21(10-12-22)29-35(31,32)23-13-14-25(30-17-5-6-18-30)24(19-23)28-26(34)27-16-15-20-7-3-2-4-8-20/h2-4,7-14,19,29H,5-6,15-18H2,1H3,(H2,27,28,34). The molecule has 1 heterocycles. The molecular formula is C26H30N4O3S2. The van der Waals surface area contributed by atoms with E-state index in [9.17, 15) is 8.42 Å². The predicted molar refractivity (Wildman–Crippen MR) is 146 cm³/mol. The minimum Gasteiger partial charge on any atom is -0.497 e. The highest BCUT2D eigenvalue weighted by Crippen LogP contribution is 2.32. The van der Waals surface area contributed by atoms with E-state index < -0.39 is 10.0 Å². The van der Waals surface area contributed by atoms with Gasteiger partial charge in [0.1, 0.15) is 5.75 Å². The fourth-order valence-corrected chi connectivity index (χ4v) is 5.32. The first-order valence-corrected chi connectivity index (χ1v) is 13.5. The predicted octanol–water partition coefficient (Wildman–Crippen LogP) is 4.63. The second-order valence-corrected chi connectivity index (χ2v) is 10.4. The van der Waals surface area contributed by atoms with E-state index >= 15 is 0 Å². The molecule has 0 atom stereocenters. The maximum atomic E-state index is 13.1. The first-order valence-electron chi connectivity index (χ1n) is 11.6. The number of rotatable bonds is 9. The van der Waals surface area contributed by atoms with Gasteiger partial charge in [-0.3, -0.25) is 4.72 Å². The molecule has 4 rings (SSSR count). The van der Waals surface area contributed by atoms with E-state index in [4.69, 9.17) is 17.0 Å². The number of nitrogens with zero attached hydrogens (tertiary/aromatic N) is 1. The number of hydrogen-bond acceptors (Lipinski definition) is 5. The minimum atomic E-state index is -3.80. The summed E-state index contributed by atoms with van der Waals surface area (Å²) < 4.78 is 34.0. The maximum absolute atomic E-state index is 13.1. The lowest BCUT2D eigenvalue weighted by Gasteiger charge is -2.23. The smallest absolute Gasteiger partial charge is 0.261 e. The third-order valence-corrected chi connectivity index (χ3v) is 7.48. The summed E-state index contributed by atoms with van der Waals surface area (Å²) in [6.07, 6.45) is 3.05. The second-order valence-electron chi connectivity index (χ2n) is 8.32. The van der Waals surface area contributed by atoms with Gasteiger partial charge in [0.05, 0.1) is 23.4 Å². The molecule has 9 heteroatoms. The van der Waals surface area contributed by atoms with Gasteiger partial charge in [-0.1, -0.05) is 30.3 Å². The molecule has 0 radical (unpaired) electrons. The summed E-state index contributed by atoms with van der Waals surface area (Å²) in [5, 5.41) is 6.92. The Hall–Kier alpha value is -3.30. The summed E-state index contributed by atoms with van der Waals surface area (Å²) in [4.78, 5) is 2.41. The molecule has 35 heavy (non-hydrogen) atoms. The van der Waals surface area contributed by atoms with Gasteiger partial charge in [0.2, 0.25) is 0 Å². The number of ether oxygens (including phenoxy) is 1. The highest BCUT2D eigenvalue weighted by Gasteiger charge is 2.21. The third-order valence-electron chi connectivity index (χ3n) is 5.86. The first kappa shape index (κ1) is 24.8. The SMILES string of the molecule is COc1ccc(NS(=O)(=O)c2ccc(N3CCCC3)c(NC(=S)NCCc3ccccc3)c2)cc1. The first-order chi connectivity index (χ1) is 16.9. The van der Waals surface area contributed by atoms with Gasteiger partial charge in [0, 0.05) is 25.3 Å². The monoisotopic (exact) mass is 510 g/mol. The van der Waals surface area contributed by atoms with Crippen molar-refractivity contribution in [3.8, 4) is 5.75 Å². The average molecular weight is 511 g/mol. The molecule has 184 valence electrons. The van der Waals surface area contributed by atoms with Crippen LogP contribution in [0.15, 0.2) is 77.7 Å². The zero-order valence-corrected chi connectivity index (χ0v) is 21.3. The van der Waals surface area contributed by atoms with Gasteiger partial charge in [-0.15, -0.1) is 0 Å². The number of methoxy groups -OCH3 is 1. The minimum absolute atomic E-state index is 0.158. The summed E-state index contributed by atoms with van der Waals surface area (Å²) in [6.45, 7) is 2.53. The van der Waals surface area contributed by atoms with Crippen LogP contribution in [0.5, 0.6) is 5.75 Å². The van der Waals surface area contributed by atoms with Gasteiger partial charge < -0.3 is 20.3 Å². The highest BCUT2D eigenvalue weighted by molar-refractivity contribution is 7.92. The quantitative estimate of drug-likeness (QED) is 0.362. The number of anilines is 3. The molecule has 0 spiro atoms. The van der Waals surface area contributed by atoms with E-state index in [-0.39, 0.29) is 4.90 Å².